The summed E-state index contributed by atoms with van der Waals surface area (Å²) in [4.78, 5) is 27.6. The number of aromatic nitrogens is 1. The molecule has 2 atom stereocenters. The van der Waals surface area contributed by atoms with E-state index < -0.39 is 23.7 Å². The molecule has 1 aliphatic carbocycles. The molecule has 1 amide bonds. The maximum Gasteiger partial charge on any atom is 0.408 e. The topological polar surface area (TPSA) is 101 Å². The van der Waals surface area contributed by atoms with E-state index in [0.717, 1.165) is 25.0 Å². The number of aliphatic carboxylic acids is 1. The zero-order valence-electron chi connectivity index (χ0n) is 15.7. The highest BCUT2D eigenvalue weighted by Gasteiger charge is 2.24. The van der Waals surface area contributed by atoms with Gasteiger partial charge in [0.05, 0.1) is 5.69 Å². The second-order valence-corrected chi connectivity index (χ2v) is 7.63. The van der Waals surface area contributed by atoms with E-state index in [4.69, 9.17) is 4.74 Å². The van der Waals surface area contributed by atoms with E-state index in [1.807, 2.05) is 12.3 Å². The number of carbonyl (C=O) groups is 2. The lowest BCUT2D eigenvalue weighted by atomic mass is 9.92. The molecule has 7 nitrogen and oxygen atoms in total. The molecular weight excluding hydrogens is 334 g/mol. The summed E-state index contributed by atoms with van der Waals surface area (Å²) in [5, 5.41) is 15.2. The van der Waals surface area contributed by atoms with Crippen molar-refractivity contribution in [3.8, 4) is 0 Å². The average molecular weight is 363 g/mol. The second kappa shape index (κ2) is 8.98. The molecular formula is C19H29N3O4. The Morgan fingerprint density at radius 1 is 1.42 bits per heavy atom. The zero-order valence-corrected chi connectivity index (χ0v) is 15.7. The number of amides is 1. The summed E-state index contributed by atoms with van der Waals surface area (Å²) in [7, 11) is 0. The number of nitrogens with one attached hydrogen (secondary N) is 2. The van der Waals surface area contributed by atoms with E-state index in [1.54, 1.807) is 20.8 Å². The number of aryl methyl sites for hydroxylation is 1. The van der Waals surface area contributed by atoms with Crippen molar-refractivity contribution in [3.05, 3.63) is 29.6 Å². The molecule has 1 aromatic heterocycles. The Bertz CT molecular complexity index is 627. The number of carbonyl (C=O) groups excluding carboxylic acids is 1. The Morgan fingerprint density at radius 3 is 2.88 bits per heavy atom. The first-order valence-corrected chi connectivity index (χ1v) is 9.16. The Morgan fingerprint density at radius 2 is 2.19 bits per heavy atom. The molecule has 2 rings (SSSR count). The van der Waals surface area contributed by atoms with E-state index >= 15 is 0 Å². The third-order valence-corrected chi connectivity index (χ3v) is 4.24. The first kappa shape index (κ1) is 20.2. The summed E-state index contributed by atoms with van der Waals surface area (Å²) in [6.45, 7) is 5.88. The molecule has 0 radical (unpaired) electrons. The van der Waals surface area contributed by atoms with E-state index in [1.165, 1.54) is 5.56 Å². The van der Waals surface area contributed by atoms with Crippen LogP contribution in [0.3, 0.4) is 0 Å². The van der Waals surface area contributed by atoms with Gasteiger partial charge >= 0.3 is 12.1 Å². The maximum atomic E-state index is 11.8. The predicted molar refractivity (Wildman–Crippen MR) is 97.9 cm³/mol. The number of hydrogen-bond acceptors (Lipinski definition) is 5. The minimum absolute atomic E-state index is 0.210. The van der Waals surface area contributed by atoms with Crippen LogP contribution in [0.25, 0.3) is 0 Å². The number of nitrogens with zero attached hydrogens (tertiary/aromatic N) is 1. The van der Waals surface area contributed by atoms with Gasteiger partial charge in [-0.15, -0.1) is 0 Å². The summed E-state index contributed by atoms with van der Waals surface area (Å²) < 4.78 is 5.12. The normalized spacial score (nSPS) is 17.9. The van der Waals surface area contributed by atoms with Crippen molar-refractivity contribution in [2.75, 3.05) is 6.54 Å². The Labute approximate surface area is 154 Å². The minimum Gasteiger partial charge on any atom is -0.480 e. The maximum absolute atomic E-state index is 11.8. The van der Waals surface area contributed by atoms with E-state index in [2.05, 4.69) is 21.7 Å². The van der Waals surface area contributed by atoms with Crippen molar-refractivity contribution >= 4 is 12.1 Å². The van der Waals surface area contributed by atoms with Gasteiger partial charge in [0.15, 0.2) is 0 Å². The summed E-state index contributed by atoms with van der Waals surface area (Å²) in [5.41, 5.74) is 1.72. The van der Waals surface area contributed by atoms with Crippen LogP contribution in [0.2, 0.25) is 0 Å². The lowest BCUT2D eigenvalue weighted by Gasteiger charge is -2.25. The number of pyridine rings is 1. The van der Waals surface area contributed by atoms with Crippen molar-refractivity contribution in [1.29, 1.82) is 0 Å². The number of carboxylic acid groups (broad SMARTS) is 1. The number of hydrogen-bond donors (Lipinski definition) is 3. The molecule has 26 heavy (non-hydrogen) atoms. The molecule has 1 aliphatic rings. The third kappa shape index (κ3) is 6.29. The van der Waals surface area contributed by atoms with E-state index in [-0.39, 0.29) is 6.04 Å². The lowest BCUT2D eigenvalue weighted by Crippen LogP contribution is -2.43. The highest BCUT2D eigenvalue weighted by Crippen LogP contribution is 2.27. The van der Waals surface area contributed by atoms with Gasteiger partial charge in [-0.1, -0.05) is 6.07 Å². The molecule has 0 spiro atoms. The molecule has 0 saturated heterocycles. The van der Waals surface area contributed by atoms with Gasteiger partial charge in [-0.25, -0.2) is 9.59 Å². The fourth-order valence-corrected chi connectivity index (χ4v) is 3.10. The third-order valence-electron chi connectivity index (χ3n) is 4.24. The van der Waals surface area contributed by atoms with Gasteiger partial charge in [0.25, 0.3) is 0 Å². The van der Waals surface area contributed by atoms with Gasteiger partial charge in [-0.2, -0.15) is 0 Å². The molecule has 7 heteroatoms. The van der Waals surface area contributed by atoms with Crippen LogP contribution in [0.15, 0.2) is 18.3 Å². The summed E-state index contributed by atoms with van der Waals surface area (Å²) in [6.07, 6.45) is 5.28. The van der Waals surface area contributed by atoms with Gasteiger partial charge in [0.1, 0.15) is 11.6 Å². The number of carboxylic acids is 1. The highest BCUT2D eigenvalue weighted by atomic mass is 16.6. The largest absolute Gasteiger partial charge is 0.480 e. The fraction of sp³-hybridized carbons (Fsp3) is 0.632. The lowest BCUT2D eigenvalue weighted by molar-refractivity contribution is -0.139. The van der Waals surface area contributed by atoms with Crippen LogP contribution in [-0.2, 0) is 16.0 Å². The van der Waals surface area contributed by atoms with Crippen molar-refractivity contribution in [1.82, 2.24) is 15.6 Å². The van der Waals surface area contributed by atoms with Crippen LogP contribution in [0.4, 0.5) is 4.79 Å². The van der Waals surface area contributed by atoms with Crippen LogP contribution >= 0.6 is 0 Å². The number of alkyl carbamates (subject to hydrolysis) is 1. The molecule has 3 N–H and O–H groups in total. The Kier molecular flexibility index (Phi) is 6.97. The van der Waals surface area contributed by atoms with Crippen LogP contribution in [0, 0.1) is 0 Å². The van der Waals surface area contributed by atoms with Crippen LogP contribution in [-0.4, -0.2) is 40.3 Å². The smallest absolute Gasteiger partial charge is 0.408 e. The minimum atomic E-state index is -1.06. The number of ether oxygens (including phenoxy) is 1. The molecule has 1 aromatic rings. The van der Waals surface area contributed by atoms with Crippen molar-refractivity contribution in [3.63, 3.8) is 0 Å². The molecule has 1 heterocycles. The molecule has 0 aromatic carbocycles. The van der Waals surface area contributed by atoms with Crippen LogP contribution in [0.5, 0.6) is 0 Å². The van der Waals surface area contributed by atoms with Gasteiger partial charge in [0, 0.05) is 12.2 Å². The van der Waals surface area contributed by atoms with E-state index in [0.29, 0.717) is 19.4 Å². The number of fused-ring (bicyclic) bond motifs is 1. The monoisotopic (exact) mass is 363 g/mol. The quantitative estimate of drug-likeness (QED) is 0.644. The molecule has 0 fully saturated rings. The highest BCUT2D eigenvalue weighted by molar-refractivity contribution is 5.79. The van der Waals surface area contributed by atoms with Crippen molar-refractivity contribution in [2.45, 2.75) is 70.6 Å². The van der Waals surface area contributed by atoms with Gasteiger partial charge in [-0.3, -0.25) is 4.98 Å². The van der Waals surface area contributed by atoms with Gasteiger partial charge in [0.2, 0.25) is 0 Å². The standard InChI is InChI=1S/C19H29N3O4/c1-19(2,3)26-18(25)22-15(17(23)24)10-6-11-20-14-9-4-7-13-8-5-12-21-16(13)14/h5,8,12,14-15,20H,4,6-7,9-11H2,1-3H3,(H,22,25)(H,23,24)/t14?,15-/m0/s1. The van der Waals surface area contributed by atoms with Crippen LogP contribution in [0.1, 0.15) is 63.8 Å². The summed E-state index contributed by atoms with van der Waals surface area (Å²) in [6, 6.07) is 3.33. The second-order valence-electron chi connectivity index (χ2n) is 7.63. The molecule has 0 saturated carbocycles. The van der Waals surface area contributed by atoms with Crippen molar-refractivity contribution < 1.29 is 19.4 Å². The average Bonchev–Trinajstić information content (AvgIpc) is 2.55. The summed E-state index contributed by atoms with van der Waals surface area (Å²) >= 11 is 0. The number of rotatable bonds is 7. The van der Waals surface area contributed by atoms with Gasteiger partial charge in [-0.05, 0) is 71.0 Å². The molecule has 144 valence electrons. The predicted octanol–water partition coefficient (Wildman–Crippen LogP) is 2.81. The summed E-state index contributed by atoms with van der Waals surface area (Å²) in [5.74, 6) is -1.06. The SMILES string of the molecule is CC(C)(C)OC(=O)N[C@@H](CCCNC1CCCc2cccnc21)C(=O)O. The molecule has 1 unspecified atom stereocenters. The molecule has 0 bridgehead atoms. The van der Waals surface area contributed by atoms with Crippen LogP contribution < -0.4 is 10.6 Å². The van der Waals surface area contributed by atoms with E-state index in [9.17, 15) is 14.7 Å². The zero-order chi connectivity index (χ0) is 19.2. The van der Waals surface area contributed by atoms with Gasteiger partial charge < -0.3 is 20.5 Å². The fourth-order valence-electron chi connectivity index (χ4n) is 3.10. The first-order valence-electron chi connectivity index (χ1n) is 9.16. The Hall–Kier alpha value is -2.15. The Balaban J connectivity index is 1.78. The van der Waals surface area contributed by atoms with Crippen molar-refractivity contribution in [2.24, 2.45) is 0 Å². The first-order chi connectivity index (χ1) is 12.3. The molecule has 0 aliphatic heterocycles.